The van der Waals surface area contributed by atoms with Gasteiger partial charge in [-0.1, -0.05) is 67.1 Å². The lowest BCUT2D eigenvalue weighted by Gasteiger charge is -2.06. The predicted octanol–water partition coefficient (Wildman–Crippen LogP) is 3.59. The van der Waals surface area contributed by atoms with E-state index in [1.165, 1.54) is 0 Å². The van der Waals surface area contributed by atoms with Gasteiger partial charge in [-0.2, -0.15) is 5.10 Å². The summed E-state index contributed by atoms with van der Waals surface area (Å²) in [6.07, 6.45) is 2.50. The summed E-state index contributed by atoms with van der Waals surface area (Å²) in [6, 6.07) is 17.7. The van der Waals surface area contributed by atoms with Gasteiger partial charge < -0.3 is 10.1 Å². The SMILES string of the molecule is CCCNC(=O)COC(=O)c1cn(Cc2ccccc2)nc1-c1ccc(C)cc1. The Labute approximate surface area is 170 Å². The quantitative estimate of drug-likeness (QED) is 0.596. The third-order valence-corrected chi connectivity index (χ3v) is 4.40. The topological polar surface area (TPSA) is 73.2 Å². The third kappa shape index (κ3) is 5.54. The van der Waals surface area contributed by atoms with Crippen LogP contribution in [0.25, 0.3) is 11.3 Å². The second-order valence-electron chi connectivity index (χ2n) is 6.87. The number of rotatable bonds is 8. The van der Waals surface area contributed by atoms with Crippen molar-refractivity contribution in [3.63, 3.8) is 0 Å². The van der Waals surface area contributed by atoms with Gasteiger partial charge in [-0.25, -0.2) is 4.79 Å². The van der Waals surface area contributed by atoms with E-state index in [0.29, 0.717) is 24.3 Å². The van der Waals surface area contributed by atoms with E-state index in [1.807, 2.05) is 68.4 Å². The van der Waals surface area contributed by atoms with Gasteiger partial charge in [0.1, 0.15) is 11.3 Å². The summed E-state index contributed by atoms with van der Waals surface area (Å²) >= 11 is 0. The number of aromatic nitrogens is 2. The Kier molecular flexibility index (Phi) is 6.79. The van der Waals surface area contributed by atoms with Gasteiger partial charge in [-0.3, -0.25) is 9.48 Å². The van der Waals surface area contributed by atoms with Crippen molar-refractivity contribution in [1.29, 1.82) is 0 Å². The maximum absolute atomic E-state index is 12.7. The lowest BCUT2D eigenvalue weighted by atomic mass is 10.1. The van der Waals surface area contributed by atoms with Crippen LogP contribution in [0, 0.1) is 6.92 Å². The minimum absolute atomic E-state index is 0.309. The van der Waals surface area contributed by atoms with E-state index >= 15 is 0 Å². The van der Waals surface area contributed by atoms with Crippen LogP contribution in [0.4, 0.5) is 0 Å². The summed E-state index contributed by atoms with van der Waals surface area (Å²) in [5.74, 6) is -0.875. The van der Waals surface area contributed by atoms with Crippen molar-refractivity contribution in [2.24, 2.45) is 0 Å². The van der Waals surface area contributed by atoms with Gasteiger partial charge in [0.05, 0.1) is 6.54 Å². The number of hydrogen-bond acceptors (Lipinski definition) is 4. The van der Waals surface area contributed by atoms with E-state index in [4.69, 9.17) is 4.74 Å². The van der Waals surface area contributed by atoms with Crippen LogP contribution >= 0.6 is 0 Å². The summed E-state index contributed by atoms with van der Waals surface area (Å²) < 4.78 is 6.95. The zero-order chi connectivity index (χ0) is 20.6. The number of nitrogens with zero attached hydrogens (tertiary/aromatic N) is 2. The minimum atomic E-state index is -0.563. The summed E-state index contributed by atoms with van der Waals surface area (Å²) in [6.45, 7) is 4.74. The van der Waals surface area contributed by atoms with Crippen molar-refractivity contribution in [3.05, 3.63) is 77.5 Å². The summed E-state index contributed by atoms with van der Waals surface area (Å²) in [5, 5.41) is 7.31. The van der Waals surface area contributed by atoms with Gasteiger partial charge >= 0.3 is 5.97 Å². The molecule has 0 atom stereocenters. The van der Waals surface area contributed by atoms with Crippen LogP contribution in [0.3, 0.4) is 0 Å². The van der Waals surface area contributed by atoms with Crippen LogP contribution in [0.15, 0.2) is 60.8 Å². The van der Waals surface area contributed by atoms with Crippen molar-refractivity contribution in [1.82, 2.24) is 15.1 Å². The standard InChI is InChI=1S/C23H25N3O3/c1-3-13-24-21(27)16-29-23(28)20-15-26(14-18-7-5-4-6-8-18)25-22(20)19-11-9-17(2)10-12-19/h4-12,15H,3,13-14,16H2,1-2H3,(H,24,27). The van der Waals surface area contributed by atoms with E-state index in [0.717, 1.165) is 23.1 Å². The second kappa shape index (κ2) is 9.68. The molecule has 0 radical (unpaired) electrons. The number of carbonyl (C=O) groups is 2. The second-order valence-corrected chi connectivity index (χ2v) is 6.87. The average Bonchev–Trinajstić information content (AvgIpc) is 3.15. The molecule has 0 aliphatic rings. The molecule has 0 aliphatic carbocycles. The molecule has 3 rings (SSSR count). The number of benzene rings is 2. The molecule has 29 heavy (non-hydrogen) atoms. The Balaban J connectivity index is 1.84. The van der Waals surface area contributed by atoms with Gasteiger partial charge in [-0.05, 0) is 18.9 Å². The summed E-state index contributed by atoms with van der Waals surface area (Å²) in [4.78, 5) is 24.5. The van der Waals surface area contributed by atoms with Crippen molar-refractivity contribution >= 4 is 11.9 Å². The number of ether oxygens (including phenoxy) is 1. The normalized spacial score (nSPS) is 10.6. The molecule has 6 heteroatoms. The Morgan fingerprint density at radius 2 is 1.79 bits per heavy atom. The van der Waals surface area contributed by atoms with Crippen LogP contribution in [-0.2, 0) is 16.1 Å². The Morgan fingerprint density at radius 1 is 1.07 bits per heavy atom. The van der Waals surface area contributed by atoms with Crippen LogP contribution in [0.2, 0.25) is 0 Å². The number of carbonyl (C=O) groups excluding carboxylic acids is 2. The van der Waals surface area contributed by atoms with Gasteiger partial charge in [0.2, 0.25) is 0 Å². The van der Waals surface area contributed by atoms with Gasteiger partial charge in [0.15, 0.2) is 6.61 Å². The van der Waals surface area contributed by atoms with Gasteiger partial charge in [-0.15, -0.1) is 0 Å². The molecule has 0 saturated heterocycles. The molecule has 3 aromatic rings. The fourth-order valence-electron chi connectivity index (χ4n) is 2.87. The highest BCUT2D eigenvalue weighted by Crippen LogP contribution is 2.24. The van der Waals surface area contributed by atoms with Gasteiger partial charge in [0.25, 0.3) is 5.91 Å². The molecular formula is C23H25N3O3. The maximum Gasteiger partial charge on any atom is 0.342 e. The van der Waals surface area contributed by atoms with Crippen molar-refractivity contribution in [3.8, 4) is 11.3 Å². The molecule has 1 aromatic heterocycles. The first-order valence-corrected chi connectivity index (χ1v) is 9.69. The monoisotopic (exact) mass is 391 g/mol. The molecule has 0 spiro atoms. The van der Waals surface area contributed by atoms with Crippen molar-refractivity contribution in [2.75, 3.05) is 13.2 Å². The molecule has 1 N–H and O–H groups in total. The van der Waals surface area contributed by atoms with Crippen LogP contribution in [-0.4, -0.2) is 34.8 Å². The zero-order valence-corrected chi connectivity index (χ0v) is 16.7. The highest BCUT2D eigenvalue weighted by Gasteiger charge is 2.20. The highest BCUT2D eigenvalue weighted by molar-refractivity contribution is 5.97. The molecular weight excluding hydrogens is 366 g/mol. The lowest BCUT2D eigenvalue weighted by molar-refractivity contribution is -0.124. The van der Waals surface area contributed by atoms with E-state index in [9.17, 15) is 9.59 Å². The van der Waals surface area contributed by atoms with E-state index in [-0.39, 0.29) is 12.5 Å². The molecule has 0 saturated carbocycles. The van der Waals surface area contributed by atoms with Crippen LogP contribution < -0.4 is 5.32 Å². The predicted molar refractivity (Wildman–Crippen MR) is 112 cm³/mol. The first-order valence-electron chi connectivity index (χ1n) is 9.69. The number of amides is 1. The van der Waals surface area contributed by atoms with Crippen LogP contribution in [0.5, 0.6) is 0 Å². The molecule has 0 aliphatic heterocycles. The van der Waals surface area contributed by atoms with E-state index in [1.54, 1.807) is 10.9 Å². The molecule has 150 valence electrons. The van der Waals surface area contributed by atoms with Crippen LogP contribution in [0.1, 0.15) is 34.8 Å². The van der Waals surface area contributed by atoms with Crippen molar-refractivity contribution < 1.29 is 14.3 Å². The Bertz CT molecular complexity index is 963. The molecule has 6 nitrogen and oxygen atoms in total. The molecule has 0 fully saturated rings. The molecule has 2 aromatic carbocycles. The molecule has 0 bridgehead atoms. The highest BCUT2D eigenvalue weighted by atomic mass is 16.5. The summed E-state index contributed by atoms with van der Waals surface area (Å²) in [5.41, 5.74) is 3.90. The average molecular weight is 391 g/mol. The lowest BCUT2D eigenvalue weighted by Crippen LogP contribution is -2.29. The maximum atomic E-state index is 12.7. The fourth-order valence-corrected chi connectivity index (χ4v) is 2.87. The molecule has 0 unspecified atom stereocenters. The number of esters is 1. The summed E-state index contributed by atoms with van der Waals surface area (Å²) in [7, 11) is 0. The largest absolute Gasteiger partial charge is 0.452 e. The smallest absolute Gasteiger partial charge is 0.342 e. The number of nitrogens with one attached hydrogen (secondary N) is 1. The van der Waals surface area contributed by atoms with E-state index < -0.39 is 5.97 Å². The Morgan fingerprint density at radius 3 is 2.48 bits per heavy atom. The van der Waals surface area contributed by atoms with E-state index in [2.05, 4.69) is 10.4 Å². The zero-order valence-electron chi connectivity index (χ0n) is 16.7. The van der Waals surface area contributed by atoms with Crippen molar-refractivity contribution in [2.45, 2.75) is 26.8 Å². The Hall–Kier alpha value is -3.41. The van der Waals surface area contributed by atoms with Gasteiger partial charge in [0, 0.05) is 18.3 Å². The minimum Gasteiger partial charge on any atom is -0.452 e. The third-order valence-electron chi connectivity index (χ3n) is 4.40. The molecule has 1 amide bonds. The fraction of sp³-hybridized carbons (Fsp3) is 0.261. The number of hydrogen-bond donors (Lipinski definition) is 1. The molecule has 1 heterocycles. The first kappa shape index (κ1) is 20.3. The first-order chi connectivity index (χ1) is 14.1. The number of aryl methyl sites for hydroxylation is 1.